The summed E-state index contributed by atoms with van der Waals surface area (Å²) >= 11 is 0. The number of benzene rings is 1. The monoisotopic (exact) mass is 299 g/mol. The number of nitrogens with zero attached hydrogens (tertiary/aromatic N) is 1. The van der Waals surface area contributed by atoms with E-state index in [1.165, 1.54) is 4.90 Å². The van der Waals surface area contributed by atoms with Crippen LogP contribution in [0, 0.1) is 5.92 Å². The number of hydrogen-bond donors (Lipinski definition) is 1. The number of likely N-dealkylation sites (tertiary alicyclic amines) is 1. The zero-order valence-corrected chi connectivity index (χ0v) is 11.8. The van der Waals surface area contributed by atoms with Crippen molar-refractivity contribution in [2.75, 3.05) is 18.8 Å². The van der Waals surface area contributed by atoms with E-state index in [4.69, 9.17) is 9.29 Å². The van der Waals surface area contributed by atoms with E-state index in [1.807, 2.05) is 30.3 Å². The lowest BCUT2D eigenvalue weighted by atomic mass is 10.2. The van der Waals surface area contributed by atoms with E-state index in [2.05, 4.69) is 0 Å². The van der Waals surface area contributed by atoms with Crippen molar-refractivity contribution in [3.05, 3.63) is 35.9 Å². The molecule has 0 radical (unpaired) electrons. The molecule has 1 fully saturated rings. The van der Waals surface area contributed by atoms with Gasteiger partial charge in [-0.15, -0.1) is 0 Å². The molecule has 1 N–H and O–H groups in total. The molecule has 0 saturated carbocycles. The number of amides is 1. The van der Waals surface area contributed by atoms with Gasteiger partial charge in [-0.3, -0.25) is 4.55 Å². The summed E-state index contributed by atoms with van der Waals surface area (Å²) in [6.45, 7) is 0.945. The Balaban J connectivity index is 1.80. The quantitative estimate of drug-likeness (QED) is 0.852. The van der Waals surface area contributed by atoms with Crippen LogP contribution in [0.5, 0.6) is 0 Å². The molecule has 1 aromatic rings. The molecule has 110 valence electrons. The summed E-state index contributed by atoms with van der Waals surface area (Å²) in [4.78, 5) is 13.3. The molecule has 1 unspecified atom stereocenters. The number of carbonyl (C=O) groups excluding carboxylic acids is 1. The summed E-state index contributed by atoms with van der Waals surface area (Å²) in [7, 11) is -3.99. The van der Waals surface area contributed by atoms with Crippen LogP contribution in [0.3, 0.4) is 0 Å². The third-order valence-corrected chi connectivity index (χ3v) is 4.09. The van der Waals surface area contributed by atoms with E-state index in [0.717, 1.165) is 5.56 Å². The first kappa shape index (κ1) is 14.8. The van der Waals surface area contributed by atoms with Gasteiger partial charge in [-0.2, -0.15) is 8.42 Å². The highest BCUT2D eigenvalue weighted by atomic mass is 32.2. The van der Waals surface area contributed by atoms with Crippen molar-refractivity contribution >= 4 is 16.2 Å². The molecule has 6 nitrogen and oxygen atoms in total. The Bertz CT molecular complexity index is 557. The van der Waals surface area contributed by atoms with E-state index >= 15 is 0 Å². The molecule has 2 rings (SSSR count). The molecule has 1 atom stereocenters. The Morgan fingerprint density at radius 2 is 2.05 bits per heavy atom. The smallest absolute Gasteiger partial charge is 0.410 e. The zero-order valence-electron chi connectivity index (χ0n) is 10.9. The van der Waals surface area contributed by atoms with E-state index in [0.29, 0.717) is 19.5 Å². The van der Waals surface area contributed by atoms with E-state index in [-0.39, 0.29) is 18.3 Å². The molecule has 1 aliphatic heterocycles. The van der Waals surface area contributed by atoms with Crippen LogP contribution in [0.2, 0.25) is 0 Å². The lowest BCUT2D eigenvalue weighted by Crippen LogP contribution is -2.30. The highest BCUT2D eigenvalue weighted by molar-refractivity contribution is 7.85. The summed E-state index contributed by atoms with van der Waals surface area (Å²) in [6.07, 6.45) is 0.104. The van der Waals surface area contributed by atoms with Crippen LogP contribution in [0.25, 0.3) is 0 Å². The standard InChI is InChI=1S/C13H17NO5S/c15-13(19-9-11-4-2-1-3-5-11)14-7-6-12(8-14)10-20(16,17)18/h1-5,12H,6-10H2,(H,16,17,18). The average Bonchev–Trinajstić information content (AvgIpc) is 2.83. The first-order valence-electron chi connectivity index (χ1n) is 6.35. The molecule has 7 heteroatoms. The Hall–Kier alpha value is -1.60. The Morgan fingerprint density at radius 3 is 2.70 bits per heavy atom. The van der Waals surface area contributed by atoms with Crippen LogP contribution in [0.1, 0.15) is 12.0 Å². The van der Waals surface area contributed by atoms with Crippen LogP contribution in [-0.4, -0.2) is 42.8 Å². The molecule has 1 aromatic carbocycles. The highest BCUT2D eigenvalue weighted by Crippen LogP contribution is 2.19. The SMILES string of the molecule is O=C(OCc1ccccc1)N1CCC(CS(=O)(=O)O)C1. The molecule has 0 aromatic heterocycles. The third-order valence-electron chi connectivity index (χ3n) is 3.20. The number of ether oxygens (including phenoxy) is 1. The van der Waals surface area contributed by atoms with Crippen molar-refractivity contribution in [1.82, 2.24) is 4.90 Å². The second-order valence-corrected chi connectivity index (χ2v) is 6.39. The summed E-state index contributed by atoms with van der Waals surface area (Å²) in [5, 5.41) is 0. The predicted molar refractivity (Wildman–Crippen MR) is 72.7 cm³/mol. The lowest BCUT2D eigenvalue weighted by molar-refractivity contribution is 0.103. The maximum Gasteiger partial charge on any atom is 0.410 e. The zero-order chi connectivity index (χ0) is 14.6. The van der Waals surface area contributed by atoms with Crippen molar-refractivity contribution in [1.29, 1.82) is 0 Å². The molecular weight excluding hydrogens is 282 g/mol. The second kappa shape index (κ2) is 6.23. The topological polar surface area (TPSA) is 83.9 Å². The van der Waals surface area contributed by atoms with Crippen LogP contribution in [0.15, 0.2) is 30.3 Å². The molecular formula is C13H17NO5S. The van der Waals surface area contributed by atoms with Crippen molar-refractivity contribution in [3.8, 4) is 0 Å². The Morgan fingerprint density at radius 1 is 1.35 bits per heavy atom. The lowest BCUT2D eigenvalue weighted by Gasteiger charge is -2.16. The fraction of sp³-hybridized carbons (Fsp3) is 0.462. The second-order valence-electron chi connectivity index (χ2n) is 4.89. The van der Waals surface area contributed by atoms with E-state index in [1.54, 1.807) is 0 Å². The molecule has 20 heavy (non-hydrogen) atoms. The predicted octanol–water partition coefficient (Wildman–Crippen LogP) is 1.53. The number of rotatable bonds is 4. The number of carbonyl (C=O) groups is 1. The maximum atomic E-state index is 11.8. The minimum atomic E-state index is -3.99. The average molecular weight is 299 g/mol. The highest BCUT2D eigenvalue weighted by Gasteiger charge is 2.29. The molecule has 0 spiro atoms. The fourth-order valence-corrected chi connectivity index (χ4v) is 3.11. The first-order chi connectivity index (χ1) is 9.44. The van der Waals surface area contributed by atoms with Gasteiger partial charge in [-0.05, 0) is 17.9 Å². The first-order valence-corrected chi connectivity index (χ1v) is 7.96. The van der Waals surface area contributed by atoms with Gasteiger partial charge < -0.3 is 9.64 Å². The largest absolute Gasteiger partial charge is 0.445 e. The molecule has 1 saturated heterocycles. The molecule has 0 aliphatic carbocycles. The van der Waals surface area contributed by atoms with Gasteiger partial charge in [0.05, 0.1) is 5.75 Å². The Kier molecular flexibility index (Phi) is 4.61. The fourth-order valence-electron chi connectivity index (χ4n) is 2.24. The molecule has 1 aliphatic rings. The normalized spacial score (nSPS) is 19.1. The molecule has 0 bridgehead atoms. The van der Waals surface area contributed by atoms with Gasteiger partial charge in [0.15, 0.2) is 0 Å². The summed E-state index contributed by atoms with van der Waals surface area (Å²) in [6, 6.07) is 9.32. The number of hydrogen-bond acceptors (Lipinski definition) is 4. The molecule has 1 amide bonds. The van der Waals surface area contributed by atoms with Crippen LogP contribution < -0.4 is 0 Å². The van der Waals surface area contributed by atoms with Crippen molar-refractivity contribution in [2.24, 2.45) is 5.92 Å². The van der Waals surface area contributed by atoms with Crippen LogP contribution in [-0.2, 0) is 21.5 Å². The van der Waals surface area contributed by atoms with Gasteiger partial charge in [-0.25, -0.2) is 4.79 Å². The summed E-state index contributed by atoms with van der Waals surface area (Å²) < 4.78 is 35.5. The van der Waals surface area contributed by atoms with Crippen molar-refractivity contribution < 1.29 is 22.5 Å². The van der Waals surface area contributed by atoms with Gasteiger partial charge in [0, 0.05) is 13.1 Å². The third kappa shape index (κ3) is 4.50. The van der Waals surface area contributed by atoms with Crippen LogP contribution >= 0.6 is 0 Å². The van der Waals surface area contributed by atoms with Gasteiger partial charge in [0.25, 0.3) is 10.1 Å². The maximum absolute atomic E-state index is 11.8. The summed E-state index contributed by atoms with van der Waals surface area (Å²) in [5.41, 5.74) is 0.898. The van der Waals surface area contributed by atoms with Gasteiger partial charge in [0.2, 0.25) is 0 Å². The van der Waals surface area contributed by atoms with E-state index < -0.39 is 16.2 Å². The summed E-state index contributed by atoms with van der Waals surface area (Å²) in [5.74, 6) is -0.538. The van der Waals surface area contributed by atoms with E-state index in [9.17, 15) is 13.2 Å². The minimum Gasteiger partial charge on any atom is -0.445 e. The Labute approximate surface area is 118 Å². The van der Waals surface area contributed by atoms with Crippen molar-refractivity contribution in [2.45, 2.75) is 13.0 Å². The van der Waals surface area contributed by atoms with Gasteiger partial charge in [0.1, 0.15) is 6.61 Å². The van der Waals surface area contributed by atoms with Crippen molar-refractivity contribution in [3.63, 3.8) is 0 Å². The molecule has 1 heterocycles. The van der Waals surface area contributed by atoms with Gasteiger partial charge in [-0.1, -0.05) is 30.3 Å². The van der Waals surface area contributed by atoms with Gasteiger partial charge >= 0.3 is 6.09 Å². The van der Waals surface area contributed by atoms with Crippen LogP contribution in [0.4, 0.5) is 4.79 Å². The minimum absolute atomic E-state index is 0.194.